The molecule has 0 atom stereocenters. The average Bonchev–Trinajstić information content (AvgIpc) is 2.79. The first-order valence-electron chi connectivity index (χ1n) is 10.3. The first kappa shape index (κ1) is 22.3. The van der Waals surface area contributed by atoms with Gasteiger partial charge in [0.05, 0.1) is 23.4 Å². The summed E-state index contributed by atoms with van der Waals surface area (Å²) in [7, 11) is 0. The predicted molar refractivity (Wildman–Crippen MR) is 124 cm³/mol. The van der Waals surface area contributed by atoms with Crippen molar-refractivity contribution in [2.24, 2.45) is 4.99 Å². The van der Waals surface area contributed by atoms with E-state index in [0.717, 1.165) is 28.8 Å². The molecule has 0 aromatic heterocycles. The predicted octanol–water partition coefficient (Wildman–Crippen LogP) is 4.28. The van der Waals surface area contributed by atoms with Crippen molar-refractivity contribution in [2.45, 2.75) is 13.8 Å². The number of ether oxygens (including phenoxy) is 2. The van der Waals surface area contributed by atoms with Crippen LogP contribution in [-0.2, 0) is 9.53 Å². The molecule has 1 fully saturated rings. The highest BCUT2D eigenvalue weighted by atomic mass is 79.9. The van der Waals surface area contributed by atoms with Crippen LogP contribution in [0.3, 0.4) is 0 Å². The summed E-state index contributed by atoms with van der Waals surface area (Å²) < 4.78 is 11.8. The Hall–Kier alpha value is -2.38. The van der Waals surface area contributed by atoms with E-state index in [0.29, 0.717) is 32.1 Å². The number of aliphatic imine (C=N–C) groups is 1. The van der Waals surface area contributed by atoms with Crippen LogP contribution >= 0.6 is 15.9 Å². The molecule has 1 aliphatic heterocycles. The van der Waals surface area contributed by atoms with Crippen LogP contribution in [0.5, 0.6) is 5.75 Å². The summed E-state index contributed by atoms with van der Waals surface area (Å²) in [6.07, 6.45) is 1.82. The standard InChI is InChI=1S/C23H28BrN3O3/c1-3-26(4-2)20-8-6-19(7-9-20)25-16-18-5-10-22(21(24)15-18)30-17-23(28)27-11-13-29-14-12-27/h5-10,15-16H,3-4,11-14,17H2,1-2H3. The molecule has 0 bridgehead atoms. The number of morpholine rings is 1. The van der Waals surface area contributed by atoms with E-state index in [9.17, 15) is 4.79 Å². The van der Waals surface area contributed by atoms with Gasteiger partial charge in [-0.3, -0.25) is 9.79 Å². The molecular formula is C23H28BrN3O3. The van der Waals surface area contributed by atoms with Crippen LogP contribution in [-0.4, -0.2) is 63.0 Å². The van der Waals surface area contributed by atoms with Crippen molar-refractivity contribution in [3.8, 4) is 5.75 Å². The molecule has 1 saturated heterocycles. The maximum Gasteiger partial charge on any atom is 0.260 e. The van der Waals surface area contributed by atoms with Crippen molar-refractivity contribution in [3.05, 3.63) is 52.5 Å². The summed E-state index contributed by atoms with van der Waals surface area (Å²) in [5.74, 6) is 0.612. The van der Waals surface area contributed by atoms with Crippen molar-refractivity contribution in [1.82, 2.24) is 4.90 Å². The molecule has 0 aliphatic carbocycles. The summed E-state index contributed by atoms with van der Waals surface area (Å²) in [6, 6.07) is 13.9. The van der Waals surface area contributed by atoms with Crippen LogP contribution in [0.2, 0.25) is 0 Å². The number of carbonyl (C=O) groups excluding carboxylic acids is 1. The molecule has 2 aromatic rings. The van der Waals surface area contributed by atoms with Gasteiger partial charge in [0, 0.05) is 38.1 Å². The average molecular weight is 474 g/mol. The molecule has 0 saturated carbocycles. The third-order valence-electron chi connectivity index (χ3n) is 5.01. The zero-order valence-corrected chi connectivity index (χ0v) is 19.1. The highest BCUT2D eigenvalue weighted by Crippen LogP contribution is 2.26. The van der Waals surface area contributed by atoms with Crippen molar-refractivity contribution in [3.63, 3.8) is 0 Å². The Morgan fingerprint density at radius 1 is 1.17 bits per heavy atom. The molecule has 7 heteroatoms. The van der Waals surface area contributed by atoms with Crippen molar-refractivity contribution in [2.75, 3.05) is 50.9 Å². The number of nitrogens with zero attached hydrogens (tertiary/aromatic N) is 3. The molecule has 6 nitrogen and oxygen atoms in total. The van der Waals surface area contributed by atoms with Crippen LogP contribution in [0.15, 0.2) is 51.9 Å². The lowest BCUT2D eigenvalue weighted by Crippen LogP contribution is -2.43. The quantitative estimate of drug-likeness (QED) is 0.536. The summed E-state index contributed by atoms with van der Waals surface area (Å²) >= 11 is 3.52. The van der Waals surface area contributed by atoms with Crippen molar-refractivity contribution < 1.29 is 14.3 Å². The molecule has 0 unspecified atom stereocenters. The minimum Gasteiger partial charge on any atom is -0.483 e. The highest BCUT2D eigenvalue weighted by molar-refractivity contribution is 9.10. The van der Waals surface area contributed by atoms with Crippen LogP contribution in [0.1, 0.15) is 19.4 Å². The normalized spacial score (nSPS) is 14.2. The van der Waals surface area contributed by atoms with Crippen LogP contribution in [0.25, 0.3) is 0 Å². The molecule has 3 rings (SSSR count). The van der Waals surface area contributed by atoms with E-state index < -0.39 is 0 Å². The number of amides is 1. The number of hydrogen-bond acceptors (Lipinski definition) is 5. The monoisotopic (exact) mass is 473 g/mol. The third kappa shape index (κ3) is 6.06. The molecule has 0 spiro atoms. The van der Waals surface area contributed by atoms with Crippen LogP contribution in [0.4, 0.5) is 11.4 Å². The molecule has 160 valence electrons. The van der Waals surface area contributed by atoms with E-state index in [-0.39, 0.29) is 12.5 Å². The lowest BCUT2D eigenvalue weighted by Gasteiger charge is -2.26. The van der Waals surface area contributed by atoms with Gasteiger partial charge >= 0.3 is 0 Å². The first-order valence-corrected chi connectivity index (χ1v) is 11.1. The van der Waals surface area contributed by atoms with E-state index in [1.54, 1.807) is 4.90 Å². The molecular weight excluding hydrogens is 446 g/mol. The zero-order valence-electron chi connectivity index (χ0n) is 17.5. The van der Waals surface area contributed by atoms with E-state index in [1.165, 1.54) is 5.69 Å². The van der Waals surface area contributed by atoms with Gasteiger partial charge in [0.15, 0.2) is 6.61 Å². The number of hydrogen-bond donors (Lipinski definition) is 0. The molecule has 30 heavy (non-hydrogen) atoms. The van der Waals surface area contributed by atoms with Gasteiger partial charge in [-0.2, -0.15) is 0 Å². The van der Waals surface area contributed by atoms with E-state index in [1.807, 2.05) is 36.5 Å². The second-order valence-electron chi connectivity index (χ2n) is 6.92. The second-order valence-corrected chi connectivity index (χ2v) is 7.77. The van der Waals surface area contributed by atoms with Gasteiger partial charge in [-0.15, -0.1) is 0 Å². The van der Waals surface area contributed by atoms with Gasteiger partial charge < -0.3 is 19.3 Å². The molecule has 0 N–H and O–H groups in total. The van der Waals surface area contributed by atoms with E-state index in [2.05, 4.69) is 51.8 Å². The first-order chi connectivity index (χ1) is 14.6. The SMILES string of the molecule is CCN(CC)c1ccc(N=Cc2ccc(OCC(=O)N3CCOCC3)c(Br)c2)cc1. The second kappa shape index (κ2) is 11.1. The Bertz CT molecular complexity index is 860. The minimum atomic E-state index is -0.0241. The number of anilines is 1. The molecule has 1 aliphatic rings. The maximum atomic E-state index is 12.2. The van der Waals surface area contributed by atoms with E-state index >= 15 is 0 Å². The number of benzene rings is 2. The largest absolute Gasteiger partial charge is 0.483 e. The van der Waals surface area contributed by atoms with Gasteiger partial charge in [-0.1, -0.05) is 0 Å². The highest BCUT2D eigenvalue weighted by Gasteiger charge is 2.17. The molecule has 2 aromatic carbocycles. The third-order valence-corrected chi connectivity index (χ3v) is 5.63. The van der Waals surface area contributed by atoms with Gasteiger partial charge in [0.25, 0.3) is 5.91 Å². The minimum absolute atomic E-state index is 0.0188. The van der Waals surface area contributed by atoms with Gasteiger partial charge in [0.1, 0.15) is 5.75 Å². The lowest BCUT2D eigenvalue weighted by molar-refractivity contribution is -0.137. The van der Waals surface area contributed by atoms with Gasteiger partial charge in [0.2, 0.25) is 0 Å². The summed E-state index contributed by atoms with van der Waals surface area (Å²) in [6.45, 7) is 8.70. The fraction of sp³-hybridized carbons (Fsp3) is 0.391. The maximum absolute atomic E-state index is 12.2. The molecule has 1 amide bonds. The zero-order chi connectivity index (χ0) is 21.3. The van der Waals surface area contributed by atoms with Gasteiger partial charge in [-0.25, -0.2) is 0 Å². The van der Waals surface area contributed by atoms with Crippen molar-refractivity contribution in [1.29, 1.82) is 0 Å². The number of halogens is 1. The van der Waals surface area contributed by atoms with Crippen LogP contribution < -0.4 is 9.64 Å². The summed E-state index contributed by atoms with van der Waals surface area (Å²) in [4.78, 5) is 20.8. The Balaban J connectivity index is 1.57. The number of carbonyl (C=O) groups is 1. The van der Waals surface area contributed by atoms with Crippen molar-refractivity contribution >= 4 is 39.4 Å². The molecule has 0 radical (unpaired) electrons. The van der Waals surface area contributed by atoms with E-state index in [4.69, 9.17) is 9.47 Å². The Kier molecular flexibility index (Phi) is 8.28. The Morgan fingerprint density at radius 3 is 2.50 bits per heavy atom. The van der Waals surface area contributed by atoms with Gasteiger partial charge in [-0.05, 0) is 77.8 Å². The fourth-order valence-electron chi connectivity index (χ4n) is 3.25. The number of rotatable bonds is 8. The topological polar surface area (TPSA) is 54.4 Å². The summed E-state index contributed by atoms with van der Waals surface area (Å²) in [5.41, 5.74) is 3.05. The fourth-order valence-corrected chi connectivity index (χ4v) is 3.76. The Morgan fingerprint density at radius 2 is 1.87 bits per heavy atom. The smallest absolute Gasteiger partial charge is 0.260 e. The Labute approximate surface area is 186 Å². The summed E-state index contributed by atoms with van der Waals surface area (Å²) in [5, 5.41) is 0. The molecule has 1 heterocycles. The van der Waals surface area contributed by atoms with Crippen LogP contribution in [0, 0.1) is 0 Å². The lowest BCUT2D eigenvalue weighted by atomic mass is 10.2.